The molecule has 0 spiro atoms. The molecule has 0 fully saturated rings. The number of rotatable bonds is 15. The van der Waals surface area contributed by atoms with Crippen LogP contribution in [0.3, 0.4) is 0 Å². The Kier molecular flexibility index (Phi) is 11.3. The average molecular weight is 553 g/mol. The van der Waals surface area contributed by atoms with Crippen molar-refractivity contribution in [3.63, 3.8) is 0 Å². The van der Waals surface area contributed by atoms with Gasteiger partial charge in [-0.05, 0) is 60.6 Å². The fourth-order valence-electron chi connectivity index (χ4n) is 4.16. The molecule has 0 aliphatic carbocycles. The molecule has 3 rings (SSSR count). The number of carbonyl (C=O) groups excluding carboxylic acids is 1. The Labute approximate surface area is 231 Å². The third-order valence-electron chi connectivity index (χ3n) is 6.15. The fraction of sp³-hybridized carbons (Fsp3) is 0.323. The van der Waals surface area contributed by atoms with E-state index in [1.807, 2.05) is 42.5 Å². The maximum Gasteiger partial charge on any atom is 0.316 e. The Hall–Kier alpha value is -3.46. The van der Waals surface area contributed by atoms with Gasteiger partial charge in [0.1, 0.15) is 5.75 Å². The van der Waals surface area contributed by atoms with Crippen LogP contribution in [0.1, 0.15) is 30.9 Å². The maximum absolute atomic E-state index is 13.1. The summed E-state index contributed by atoms with van der Waals surface area (Å²) in [5, 5.41) is 0. The van der Waals surface area contributed by atoms with Gasteiger partial charge < -0.3 is 14.2 Å². The summed E-state index contributed by atoms with van der Waals surface area (Å²) in [6.07, 6.45) is 1.68. The molecule has 0 amide bonds. The largest absolute Gasteiger partial charge is 0.497 e. The Bertz CT molecular complexity index is 1300. The van der Waals surface area contributed by atoms with Crippen molar-refractivity contribution in [1.29, 1.82) is 0 Å². The molecule has 2 unspecified atom stereocenters. The maximum atomic E-state index is 13.1. The van der Waals surface area contributed by atoms with Gasteiger partial charge in [-0.15, -0.1) is 0 Å². The van der Waals surface area contributed by atoms with Gasteiger partial charge in [0.25, 0.3) is 10.1 Å². The summed E-state index contributed by atoms with van der Waals surface area (Å²) in [7, 11) is -2.06. The number of carbonyl (C=O) groups is 1. The van der Waals surface area contributed by atoms with Crippen LogP contribution in [-0.4, -0.2) is 40.5 Å². The van der Waals surface area contributed by atoms with E-state index in [1.54, 1.807) is 14.0 Å². The summed E-state index contributed by atoms with van der Waals surface area (Å²) in [5.74, 6) is -0.307. The number of esters is 1. The van der Waals surface area contributed by atoms with Gasteiger partial charge in [0, 0.05) is 0 Å². The molecule has 0 aromatic heterocycles. The quantitative estimate of drug-likeness (QED) is 0.131. The van der Waals surface area contributed by atoms with Crippen LogP contribution in [-0.2, 0) is 41.6 Å². The van der Waals surface area contributed by atoms with E-state index in [9.17, 15) is 13.2 Å². The van der Waals surface area contributed by atoms with Crippen molar-refractivity contribution in [2.75, 3.05) is 20.0 Å². The van der Waals surface area contributed by atoms with Crippen molar-refractivity contribution in [2.45, 2.75) is 38.9 Å². The molecular weight excluding hydrogens is 516 g/mol. The minimum Gasteiger partial charge on any atom is -0.497 e. The van der Waals surface area contributed by atoms with Crippen molar-refractivity contribution in [1.82, 2.24) is 0 Å². The fourth-order valence-corrected chi connectivity index (χ4v) is 4.56. The van der Waals surface area contributed by atoms with E-state index in [0.29, 0.717) is 12.8 Å². The number of hydrogen-bond donors (Lipinski definition) is 0. The Morgan fingerprint density at radius 3 is 2.08 bits per heavy atom. The monoisotopic (exact) mass is 552 g/mol. The molecule has 2 atom stereocenters. The first-order valence-corrected chi connectivity index (χ1v) is 14.6. The van der Waals surface area contributed by atoms with Gasteiger partial charge in [-0.1, -0.05) is 73.3 Å². The number of allylic oxidation sites excluding steroid dienone is 1. The van der Waals surface area contributed by atoms with Crippen LogP contribution in [0.5, 0.6) is 5.75 Å². The molecule has 0 radical (unpaired) electrons. The summed E-state index contributed by atoms with van der Waals surface area (Å²) >= 11 is 0. The van der Waals surface area contributed by atoms with Gasteiger partial charge in [0.15, 0.2) is 0 Å². The Morgan fingerprint density at radius 2 is 1.49 bits per heavy atom. The second-order valence-corrected chi connectivity index (χ2v) is 11.0. The predicted octanol–water partition coefficient (Wildman–Crippen LogP) is 5.94. The van der Waals surface area contributed by atoms with Gasteiger partial charge in [-0.25, -0.2) is 0 Å². The Balaban J connectivity index is 1.78. The molecular formula is C31H36O7S. The molecule has 0 heterocycles. The van der Waals surface area contributed by atoms with Crippen LogP contribution in [0.4, 0.5) is 0 Å². The number of methoxy groups -OCH3 is 1. The number of hydrogen-bond acceptors (Lipinski definition) is 7. The molecule has 39 heavy (non-hydrogen) atoms. The van der Waals surface area contributed by atoms with Gasteiger partial charge in [0.2, 0.25) is 0 Å². The third kappa shape index (κ3) is 10.3. The molecule has 8 heteroatoms. The lowest BCUT2D eigenvalue weighted by Crippen LogP contribution is -2.33. The standard InChI is InChI=1S/C31H36O7S/c1-23(2)38-31(32)29(20-21-37-39(4,33)34)30(36-22-25-12-17-28(35-3)18-13-25)19-14-24-10-15-27(16-11-24)26-8-6-5-7-9-26/h5-13,15-18,29-30H,1,14,19-22H2,2-4H3. The summed E-state index contributed by atoms with van der Waals surface area (Å²) in [5.41, 5.74) is 4.25. The molecule has 208 valence electrons. The average Bonchev–Trinajstić information content (AvgIpc) is 2.92. The van der Waals surface area contributed by atoms with E-state index in [0.717, 1.165) is 34.3 Å². The highest BCUT2D eigenvalue weighted by atomic mass is 32.2. The summed E-state index contributed by atoms with van der Waals surface area (Å²) in [6, 6.07) is 25.9. The lowest BCUT2D eigenvalue weighted by atomic mass is 9.93. The minimum atomic E-state index is -3.66. The van der Waals surface area contributed by atoms with Crippen LogP contribution in [0.2, 0.25) is 0 Å². The van der Waals surface area contributed by atoms with E-state index in [1.165, 1.54) is 0 Å². The van der Waals surface area contributed by atoms with Gasteiger partial charge in [-0.3, -0.25) is 8.98 Å². The molecule has 0 aliphatic rings. The zero-order chi connectivity index (χ0) is 28.3. The van der Waals surface area contributed by atoms with Crippen LogP contribution in [0.15, 0.2) is 91.2 Å². The molecule has 0 saturated heterocycles. The second-order valence-electron chi connectivity index (χ2n) is 9.34. The normalized spacial score (nSPS) is 12.9. The van der Waals surface area contributed by atoms with E-state index in [-0.39, 0.29) is 25.4 Å². The molecule has 0 saturated carbocycles. The van der Waals surface area contributed by atoms with Gasteiger partial charge in [-0.2, -0.15) is 8.42 Å². The third-order valence-corrected chi connectivity index (χ3v) is 6.75. The number of aryl methyl sites for hydroxylation is 1. The van der Waals surface area contributed by atoms with Crippen LogP contribution in [0.25, 0.3) is 11.1 Å². The smallest absolute Gasteiger partial charge is 0.316 e. The van der Waals surface area contributed by atoms with Crippen LogP contribution < -0.4 is 4.74 Å². The topological polar surface area (TPSA) is 88.1 Å². The zero-order valence-corrected chi connectivity index (χ0v) is 23.5. The second kappa shape index (κ2) is 14.6. The van der Waals surface area contributed by atoms with E-state index >= 15 is 0 Å². The van der Waals surface area contributed by atoms with Crippen molar-refractivity contribution >= 4 is 16.1 Å². The molecule has 3 aromatic carbocycles. The highest BCUT2D eigenvalue weighted by molar-refractivity contribution is 7.85. The first kappa shape index (κ1) is 30.1. The summed E-state index contributed by atoms with van der Waals surface area (Å²) < 4.78 is 44.9. The minimum absolute atomic E-state index is 0.111. The van der Waals surface area contributed by atoms with Crippen LogP contribution >= 0.6 is 0 Å². The molecule has 0 bridgehead atoms. The van der Waals surface area contributed by atoms with Crippen LogP contribution in [0, 0.1) is 5.92 Å². The summed E-state index contributed by atoms with van der Waals surface area (Å²) in [6.45, 7) is 5.35. The molecule has 3 aromatic rings. The van der Waals surface area contributed by atoms with Crippen molar-refractivity contribution in [2.24, 2.45) is 5.92 Å². The summed E-state index contributed by atoms with van der Waals surface area (Å²) in [4.78, 5) is 13.1. The molecule has 0 aliphatic heterocycles. The highest BCUT2D eigenvalue weighted by Crippen LogP contribution is 2.25. The lowest BCUT2D eigenvalue weighted by Gasteiger charge is -2.26. The Morgan fingerprint density at radius 1 is 0.872 bits per heavy atom. The number of benzene rings is 3. The molecule has 0 N–H and O–H groups in total. The zero-order valence-electron chi connectivity index (χ0n) is 22.7. The number of ether oxygens (including phenoxy) is 3. The van der Waals surface area contributed by atoms with E-state index in [2.05, 4.69) is 43.0 Å². The first-order valence-electron chi connectivity index (χ1n) is 12.7. The van der Waals surface area contributed by atoms with E-state index < -0.39 is 28.1 Å². The molecule has 7 nitrogen and oxygen atoms in total. The lowest BCUT2D eigenvalue weighted by molar-refractivity contribution is -0.151. The highest BCUT2D eigenvalue weighted by Gasteiger charge is 2.31. The van der Waals surface area contributed by atoms with Crippen molar-refractivity contribution in [3.05, 3.63) is 102 Å². The first-order chi connectivity index (χ1) is 18.6. The van der Waals surface area contributed by atoms with Gasteiger partial charge >= 0.3 is 5.97 Å². The van der Waals surface area contributed by atoms with Crippen molar-refractivity contribution in [3.8, 4) is 16.9 Å². The predicted molar refractivity (Wildman–Crippen MR) is 152 cm³/mol. The van der Waals surface area contributed by atoms with Crippen molar-refractivity contribution < 1.29 is 31.6 Å². The SMILES string of the molecule is C=C(C)OC(=O)C(CCOS(C)(=O)=O)C(CCc1ccc(-c2ccccc2)cc1)OCc1ccc(OC)cc1. The van der Waals surface area contributed by atoms with Gasteiger partial charge in [0.05, 0.1) is 44.4 Å². The van der Waals surface area contributed by atoms with E-state index in [4.69, 9.17) is 18.4 Å².